The third-order valence-electron chi connectivity index (χ3n) is 5.72. The van der Waals surface area contributed by atoms with Gasteiger partial charge in [-0.25, -0.2) is 4.98 Å². The first kappa shape index (κ1) is 16.2. The zero-order chi connectivity index (χ0) is 19.4. The molecule has 0 spiro atoms. The summed E-state index contributed by atoms with van der Waals surface area (Å²) in [6.45, 7) is 2.14. The van der Waals surface area contributed by atoms with Gasteiger partial charge in [-0.2, -0.15) is 0 Å². The molecule has 0 amide bonds. The van der Waals surface area contributed by atoms with Gasteiger partial charge in [-0.05, 0) is 46.7 Å². The Labute approximate surface area is 168 Å². The van der Waals surface area contributed by atoms with E-state index >= 15 is 0 Å². The maximum Gasteiger partial charge on any atom is 0.0972 e. The molecule has 0 aliphatic rings. The number of fused-ring (bicyclic) bond motifs is 6. The van der Waals surface area contributed by atoms with Crippen LogP contribution in [0.2, 0.25) is 0 Å². The first-order chi connectivity index (χ1) is 14.3. The number of aryl methyl sites for hydroxylation is 1. The fourth-order valence-electron chi connectivity index (χ4n) is 4.23. The summed E-state index contributed by atoms with van der Waals surface area (Å²) in [4.78, 5) is 9.56. The molecule has 6 aromatic rings. The van der Waals surface area contributed by atoms with Crippen LogP contribution in [0.4, 0.5) is 0 Å². The molecule has 2 heterocycles. The molecule has 0 radical (unpaired) electrons. The first-order valence-corrected chi connectivity index (χ1v) is 9.84. The molecule has 0 saturated carbocycles. The van der Waals surface area contributed by atoms with Crippen molar-refractivity contribution in [3.05, 3.63) is 96.7 Å². The Balaban J connectivity index is 1.57. The molecular formula is C27H18N2. The van der Waals surface area contributed by atoms with Crippen LogP contribution in [0.5, 0.6) is 0 Å². The zero-order valence-electron chi connectivity index (χ0n) is 16.1. The number of pyridine rings is 2. The van der Waals surface area contributed by atoms with Gasteiger partial charge < -0.3 is 0 Å². The van der Waals surface area contributed by atoms with Gasteiger partial charge >= 0.3 is 0 Å². The van der Waals surface area contributed by atoms with Crippen LogP contribution in [0.15, 0.2) is 91.1 Å². The molecule has 0 aliphatic heterocycles. The van der Waals surface area contributed by atoms with E-state index in [-0.39, 0.29) is 0 Å². The Morgan fingerprint density at radius 3 is 2.14 bits per heavy atom. The summed E-state index contributed by atoms with van der Waals surface area (Å²) in [5.74, 6) is 0. The van der Waals surface area contributed by atoms with Crippen molar-refractivity contribution in [2.75, 3.05) is 0 Å². The predicted molar refractivity (Wildman–Crippen MR) is 122 cm³/mol. The number of aromatic nitrogens is 2. The summed E-state index contributed by atoms with van der Waals surface area (Å²) in [6.07, 6.45) is 1.83. The van der Waals surface area contributed by atoms with Crippen molar-refractivity contribution in [1.29, 1.82) is 0 Å². The van der Waals surface area contributed by atoms with Crippen molar-refractivity contribution in [1.82, 2.24) is 9.97 Å². The Morgan fingerprint density at radius 2 is 1.28 bits per heavy atom. The third kappa shape index (κ3) is 2.57. The van der Waals surface area contributed by atoms with Gasteiger partial charge in [0.1, 0.15) is 0 Å². The minimum Gasteiger partial charge on any atom is -0.254 e. The summed E-state index contributed by atoms with van der Waals surface area (Å²) < 4.78 is 0. The Morgan fingerprint density at radius 1 is 0.586 bits per heavy atom. The van der Waals surface area contributed by atoms with E-state index < -0.39 is 0 Å². The first-order valence-electron chi connectivity index (χ1n) is 9.84. The van der Waals surface area contributed by atoms with Crippen LogP contribution in [-0.2, 0) is 0 Å². The fourth-order valence-corrected chi connectivity index (χ4v) is 4.23. The molecule has 0 unspecified atom stereocenters. The third-order valence-corrected chi connectivity index (χ3v) is 5.72. The molecule has 2 aromatic heterocycles. The van der Waals surface area contributed by atoms with Gasteiger partial charge in [0.15, 0.2) is 0 Å². The molecule has 0 fully saturated rings. The van der Waals surface area contributed by atoms with Crippen LogP contribution >= 0.6 is 0 Å². The van der Waals surface area contributed by atoms with Crippen molar-refractivity contribution in [3.8, 4) is 11.3 Å². The number of nitrogens with zero attached hydrogens (tertiary/aromatic N) is 2. The smallest absolute Gasteiger partial charge is 0.0972 e. The van der Waals surface area contributed by atoms with Gasteiger partial charge in [0.2, 0.25) is 0 Å². The van der Waals surface area contributed by atoms with Crippen molar-refractivity contribution < 1.29 is 0 Å². The van der Waals surface area contributed by atoms with Gasteiger partial charge in [-0.15, -0.1) is 0 Å². The highest BCUT2D eigenvalue weighted by Gasteiger charge is 2.08. The summed E-state index contributed by atoms with van der Waals surface area (Å²) >= 11 is 0. The molecule has 2 heteroatoms. The van der Waals surface area contributed by atoms with Crippen molar-refractivity contribution in [2.24, 2.45) is 0 Å². The zero-order valence-corrected chi connectivity index (χ0v) is 16.1. The molecule has 136 valence electrons. The second-order valence-electron chi connectivity index (χ2n) is 7.63. The van der Waals surface area contributed by atoms with Crippen molar-refractivity contribution in [3.63, 3.8) is 0 Å². The normalized spacial score (nSPS) is 11.6. The van der Waals surface area contributed by atoms with Crippen LogP contribution in [-0.4, -0.2) is 9.97 Å². The SMILES string of the molecule is Cc1ccc2c(ccc3cc(-c4ccc5ccc6cccnc6c5n4)ccc32)c1. The molecule has 2 nitrogen and oxygen atoms in total. The van der Waals surface area contributed by atoms with Crippen LogP contribution in [0, 0.1) is 6.92 Å². The molecule has 0 N–H and O–H groups in total. The van der Waals surface area contributed by atoms with Gasteiger partial charge in [-0.3, -0.25) is 4.98 Å². The molecule has 6 rings (SSSR count). The van der Waals surface area contributed by atoms with E-state index in [0.717, 1.165) is 33.1 Å². The molecule has 29 heavy (non-hydrogen) atoms. The topological polar surface area (TPSA) is 25.8 Å². The summed E-state index contributed by atoms with van der Waals surface area (Å²) in [6, 6.07) is 30.2. The highest BCUT2D eigenvalue weighted by atomic mass is 14.7. The standard InChI is InChI=1S/C27H18N2/c1-17-4-11-23-20(15-17)7-8-21-16-22(9-12-24(21)23)25-13-10-19-6-5-18-3-2-14-28-26(18)27(19)29-25/h2-16H,1H3. The van der Waals surface area contributed by atoms with Gasteiger partial charge in [-0.1, -0.05) is 72.3 Å². The lowest BCUT2D eigenvalue weighted by Crippen LogP contribution is -1.89. The highest BCUT2D eigenvalue weighted by molar-refractivity contribution is 6.09. The average molecular weight is 370 g/mol. The molecule has 0 bridgehead atoms. The summed E-state index contributed by atoms with van der Waals surface area (Å²) in [5, 5.41) is 7.32. The highest BCUT2D eigenvalue weighted by Crippen LogP contribution is 2.31. The van der Waals surface area contributed by atoms with E-state index in [1.54, 1.807) is 0 Å². The maximum atomic E-state index is 4.99. The van der Waals surface area contributed by atoms with E-state index in [4.69, 9.17) is 4.98 Å². The lowest BCUT2D eigenvalue weighted by molar-refractivity contribution is 1.37. The largest absolute Gasteiger partial charge is 0.254 e. The quantitative estimate of drug-likeness (QED) is 0.289. The van der Waals surface area contributed by atoms with E-state index in [2.05, 4.69) is 90.8 Å². The van der Waals surface area contributed by atoms with Crippen LogP contribution in [0.1, 0.15) is 5.56 Å². The minimum atomic E-state index is 0.953. The monoisotopic (exact) mass is 370 g/mol. The Bertz CT molecular complexity index is 1560. The van der Waals surface area contributed by atoms with E-state index in [1.165, 1.54) is 27.1 Å². The van der Waals surface area contributed by atoms with Crippen LogP contribution in [0.3, 0.4) is 0 Å². The van der Waals surface area contributed by atoms with Crippen LogP contribution in [0.25, 0.3) is 54.6 Å². The average Bonchev–Trinajstić information content (AvgIpc) is 2.78. The second kappa shape index (κ2) is 6.11. The van der Waals surface area contributed by atoms with Gasteiger partial charge in [0, 0.05) is 22.5 Å². The van der Waals surface area contributed by atoms with E-state index in [1.807, 2.05) is 12.3 Å². The number of rotatable bonds is 1. The van der Waals surface area contributed by atoms with E-state index in [9.17, 15) is 0 Å². The minimum absolute atomic E-state index is 0.953. The van der Waals surface area contributed by atoms with Crippen molar-refractivity contribution in [2.45, 2.75) is 6.92 Å². The van der Waals surface area contributed by atoms with E-state index in [0.29, 0.717) is 0 Å². The number of benzene rings is 4. The van der Waals surface area contributed by atoms with Crippen LogP contribution < -0.4 is 0 Å². The van der Waals surface area contributed by atoms with Gasteiger partial charge in [0.05, 0.1) is 16.7 Å². The summed E-state index contributed by atoms with van der Waals surface area (Å²) in [5.41, 5.74) is 5.29. The molecule has 4 aromatic carbocycles. The second-order valence-corrected chi connectivity index (χ2v) is 7.63. The lowest BCUT2D eigenvalue weighted by atomic mass is 9.98. The lowest BCUT2D eigenvalue weighted by Gasteiger charge is -2.09. The Hall–Kier alpha value is -3.78. The predicted octanol–water partition coefficient (Wildman–Crippen LogP) is 7.06. The molecule has 0 saturated heterocycles. The van der Waals surface area contributed by atoms with Gasteiger partial charge in [0.25, 0.3) is 0 Å². The Kier molecular flexibility index (Phi) is 3.41. The number of hydrogen-bond donors (Lipinski definition) is 0. The van der Waals surface area contributed by atoms with Crippen molar-refractivity contribution >= 4 is 43.4 Å². The number of hydrogen-bond acceptors (Lipinski definition) is 2. The maximum absolute atomic E-state index is 4.99. The molecular weight excluding hydrogens is 352 g/mol. The fraction of sp³-hybridized carbons (Fsp3) is 0.0370. The summed E-state index contributed by atoms with van der Waals surface area (Å²) in [7, 11) is 0. The molecule has 0 aliphatic carbocycles. The molecule has 0 atom stereocenters.